The zero-order valence-electron chi connectivity index (χ0n) is 11.8. The topological polar surface area (TPSA) is 55.8 Å². The van der Waals surface area contributed by atoms with Crippen LogP contribution in [0.5, 0.6) is 17.2 Å². The highest BCUT2D eigenvalue weighted by atomic mass is 127. The second-order valence-electron chi connectivity index (χ2n) is 5.97. The minimum atomic E-state index is -0.629. The van der Waals surface area contributed by atoms with Crippen molar-refractivity contribution in [3.63, 3.8) is 0 Å². The van der Waals surface area contributed by atoms with Gasteiger partial charge in [0.2, 0.25) is 0 Å². The second-order valence-corrected chi connectivity index (χ2v) is 6.41. The molecular formula is C14H19IO4. The molecule has 0 aliphatic heterocycles. The fourth-order valence-corrected chi connectivity index (χ4v) is 1.51. The van der Waals surface area contributed by atoms with E-state index in [1.807, 2.05) is 34.6 Å². The van der Waals surface area contributed by atoms with Crippen LogP contribution in [0.2, 0.25) is 0 Å². The van der Waals surface area contributed by atoms with Gasteiger partial charge in [0, 0.05) is 6.07 Å². The zero-order valence-corrected chi connectivity index (χ0v) is 13.9. The maximum Gasteiger partial charge on any atom is 0.317 e. The quantitative estimate of drug-likeness (QED) is 0.489. The highest BCUT2D eigenvalue weighted by molar-refractivity contribution is 14.1. The van der Waals surface area contributed by atoms with Gasteiger partial charge in [-0.05, 0) is 31.4 Å². The molecule has 19 heavy (non-hydrogen) atoms. The van der Waals surface area contributed by atoms with Gasteiger partial charge >= 0.3 is 5.97 Å². The molecule has 0 radical (unpaired) electrons. The van der Waals surface area contributed by atoms with Crippen LogP contribution in [-0.2, 0) is 4.79 Å². The number of phenolic OH excluding ortho intramolecular Hbond substituents is 1. The molecule has 0 unspecified atom stereocenters. The van der Waals surface area contributed by atoms with Crippen LogP contribution in [0.3, 0.4) is 0 Å². The Hall–Kier alpha value is -0.980. The van der Waals surface area contributed by atoms with E-state index >= 15 is 0 Å². The normalized spacial score (nSPS) is 12.1. The van der Waals surface area contributed by atoms with E-state index in [4.69, 9.17) is 7.80 Å². The number of aromatic hydroxyl groups is 1. The van der Waals surface area contributed by atoms with E-state index < -0.39 is 5.41 Å². The average molecular weight is 378 g/mol. The van der Waals surface area contributed by atoms with Crippen LogP contribution < -0.4 is 7.80 Å². The summed E-state index contributed by atoms with van der Waals surface area (Å²) in [5.41, 5.74) is -0.847. The Bertz CT molecular complexity index is 475. The number of phenols is 1. The van der Waals surface area contributed by atoms with Crippen molar-refractivity contribution in [2.75, 3.05) is 0 Å². The second kappa shape index (κ2) is 5.56. The van der Waals surface area contributed by atoms with Gasteiger partial charge in [-0.3, -0.25) is 4.79 Å². The lowest BCUT2D eigenvalue weighted by atomic mass is 9.69. The first-order valence-electron chi connectivity index (χ1n) is 5.93. The summed E-state index contributed by atoms with van der Waals surface area (Å²) < 4.78 is 10.3. The van der Waals surface area contributed by atoms with Crippen molar-refractivity contribution < 1.29 is 17.7 Å². The number of ether oxygens (including phenoxy) is 1. The van der Waals surface area contributed by atoms with Crippen molar-refractivity contribution in [1.29, 1.82) is 0 Å². The van der Waals surface area contributed by atoms with Crippen LogP contribution in [-0.4, -0.2) is 11.1 Å². The number of esters is 1. The van der Waals surface area contributed by atoms with Gasteiger partial charge in [0.1, 0.15) is 5.75 Å². The van der Waals surface area contributed by atoms with Crippen molar-refractivity contribution in [2.24, 2.45) is 10.8 Å². The van der Waals surface area contributed by atoms with E-state index in [0.29, 0.717) is 5.75 Å². The minimum Gasteiger partial charge on any atom is -0.504 e. The molecule has 0 fully saturated rings. The first-order chi connectivity index (χ1) is 8.59. The Morgan fingerprint density at radius 2 is 1.79 bits per heavy atom. The molecule has 5 heteroatoms. The van der Waals surface area contributed by atoms with Gasteiger partial charge in [0.05, 0.1) is 5.41 Å². The number of carbonyl (C=O) groups is 1. The van der Waals surface area contributed by atoms with Crippen LogP contribution in [0.1, 0.15) is 34.6 Å². The van der Waals surface area contributed by atoms with Gasteiger partial charge < -0.3 is 12.9 Å². The number of hydrogen-bond donors (Lipinski definition) is 1. The maximum atomic E-state index is 12.2. The molecule has 0 saturated carbocycles. The smallest absolute Gasteiger partial charge is 0.317 e. The number of benzene rings is 1. The van der Waals surface area contributed by atoms with Crippen LogP contribution in [0.25, 0.3) is 0 Å². The van der Waals surface area contributed by atoms with E-state index in [-0.39, 0.29) is 22.9 Å². The Morgan fingerprint density at radius 1 is 1.21 bits per heavy atom. The van der Waals surface area contributed by atoms with Crippen LogP contribution in [0.4, 0.5) is 0 Å². The molecule has 0 atom stereocenters. The summed E-state index contributed by atoms with van der Waals surface area (Å²) in [6.07, 6.45) is 0. The molecule has 4 nitrogen and oxygen atoms in total. The summed E-state index contributed by atoms with van der Waals surface area (Å²) >= 11 is 1.66. The van der Waals surface area contributed by atoms with E-state index in [1.54, 1.807) is 23.0 Å². The van der Waals surface area contributed by atoms with Crippen LogP contribution in [0, 0.1) is 10.8 Å². The Labute approximate surface area is 127 Å². The molecule has 1 aromatic rings. The fourth-order valence-electron chi connectivity index (χ4n) is 1.16. The first kappa shape index (κ1) is 16.1. The van der Waals surface area contributed by atoms with Gasteiger partial charge in [-0.25, -0.2) is 0 Å². The average Bonchev–Trinajstić information content (AvgIpc) is 2.30. The zero-order chi connectivity index (χ0) is 14.8. The summed E-state index contributed by atoms with van der Waals surface area (Å²) in [6, 6.07) is 4.45. The lowest BCUT2D eigenvalue weighted by Crippen LogP contribution is -2.40. The summed E-state index contributed by atoms with van der Waals surface area (Å²) in [7, 11) is 0. The SMILES string of the molecule is CC(C)(C)C(C)(C)C(=O)Oc1ccc(O)c(OI)c1. The highest BCUT2D eigenvalue weighted by Crippen LogP contribution is 2.40. The molecule has 1 N–H and O–H groups in total. The lowest BCUT2D eigenvalue weighted by molar-refractivity contribution is -0.150. The molecular weight excluding hydrogens is 359 g/mol. The van der Waals surface area contributed by atoms with E-state index in [1.165, 1.54) is 18.2 Å². The Balaban J connectivity index is 2.95. The van der Waals surface area contributed by atoms with E-state index in [0.717, 1.165) is 0 Å². The molecule has 0 spiro atoms. The largest absolute Gasteiger partial charge is 0.504 e. The first-order valence-corrected chi connectivity index (χ1v) is 6.81. The van der Waals surface area contributed by atoms with E-state index in [9.17, 15) is 9.90 Å². The molecule has 106 valence electrons. The number of carbonyl (C=O) groups excluding carboxylic acids is 1. The number of rotatable bonds is 3. The molecule has 0 aliphatic rings. The van der Waals surface area contributed by atoms with Gasteiger partial charge in [0.25, 0.3) is 0 Å². The predicted molar refractivity (Wildman–Crippen MR) is 81.6 cm³/mol. The summed E-state index contributed by atoms with van der Waals surface area (Å²) in [4.78, 5) is 12.2. The molecule has 0 aliphatic carbocycles. The number of halogens is 1. The maximum absolute atomic E-state index is 12.2. The molecule has 1 aromatic carbocycles. The fraction of sp³-hybridized carbons (Fsp3) is 0.500. The van der Waals surface area contributed by atoms with E-state index in [2.05, 4.69) is 0 Å². The third-order valence-electron chi connectivity index (χ3n) is 3.61. The molecule has 0 saturated heterocycles. The highest BCUT2D eigenvalue weighted by Gasteiger charge is 2.41. The van der Waals surface area contributed by atoms with Crippen LogP contribution >= 0.6 is 23.0 Å². The third-order valence-corrected chi connectivity index (χ3v) is 4.08. The minimum absolute atomic E-state index is 0.00396. The third kappa shape index (κ3) is 3.52. The van der Waals surface area contributed by atoms with Crippen molar-refractivity contribution >= 4 is 29.0 Å². The van der Waals surface area contributed by atoms with Crippen molar-refractivity contribution in [3.8, 4) is 17.2 Å². The van der Waals surface area contributed by atoms with Crippen molar-refractivity contribution in [3.05, 3.63) is 18.2 Å². The van der Waals surface area contributed by atoms with Crippen LogP contribution in [0.15, 0.2) is 18.2 Å². The molecule has 0 heterocycles. The monoisotopic (exact) mass is 378 g/mol. The summed E-state index contributed by atoms with van der Waals surface area (Å²) in [5.74, 6) is 0.306. The van der Waals surface area contributed by atoms with Gasteiger partial charge in [-0.2, -0.15) is 0 Å². The standard InChI is InChI=1S/C14H19IO4/c1-13(2,3)14(4,5)12(17)18-9-6-7-10(16)11(8-9)19-15/h6-8,16H,1-5H3. The molecule has 0 bridgehead atoms. The predicted octanol–water partition coefficient (Wildman–Crippen LogP) is 4.10. The van der Waals surface area contributed by atoms with Crippen molar-refractivity contribution in [2.45, 2.75) is 34.6 Å². The molecule has 1 rings (SSSR count). The summed E-state index contributed by atoms with van der Waals surface area (Å²) in [6.45, 7) is 9.68. The molecule has 0 amide bonds. The number of hydrogen-bond acceptors (Lipinski definition) is 4. The lowest BCUT2D eigenvalue weighted by Gasteiger charge is -2.36. The molecule has 0 aromatic heterocycles. The van der Waals surface area contributed by atoms with Gasteiger partial charge in [-0.1, -0.05) is 20.8 Å². The Morgan fingerprint density at radius 3 is 2.26 bits per heavy atom. The summed E-state index contributed by atoms with van der Waals surface area (Å²) in [5, 5.41) is 9.49. The Kier molecular flexibility index (Phi) is 4.71. The van der Waals surface area contributed by atoms with Crippen molar-refractivity contribution in [1.82, 2.24) is 0 Å². The van der Waals surface area contributed by atoms with Gasteiger partial charge in [0.15, 0.2) is 34.5 Å². The van der Waals surface area contributed by atoms with Gasteiger partial charge in [-0.15, -0.1) is 0 Å².